The van der Waals surface area contributed by atoms with Crippen LogP contribution in [0.2, 0.25) is 0 Å². The summed E-state index contributed by atoms with van der Waals surface area (Å²) < 4.78 is 0. The van der Waals surface area contributed by atoms with Gasteiger partial charge in [-0.1, -0.05) is 38.0 Å². The van der Waals surface area contributed by atoms with Gasteiger partial charge in [0.15, 0.2) is 0 Å². The van der Waals surface area contributed by atoms with Crippen molar-refractivity contribution in [1.29, 1.82) is 0 Å². The highest BCUT2D eigenvalue weighted by molar-refractivity contribution is 5.80. The van der Waals surface area contributed by atoms with Gasteiger partial charge in [-0.25, -0.2) is 0 Å². The van der Waals surface area contributed by atoms with Crippen LogP contribution in [0.3, 0.4) is 0 Å². The number of hydrogen-bond donors (Lipinski definition) is 2. The van der Waals surface area contributed by atoms with Gasteiger partial charge in [-0.05, 0) is 25.0 Å². The molecule has 0 heterocycles. The van der Waals surface area contributed by atoms with E-state index >= 15 is 0 Å². The fraction of sp³-hybridized carbons (Fsp3) is 0.500. The van der Waals surface area contributed by atoms with Crippen molar-refractivity contribution in [2.24, 2.45) is 0 Å². The molecule has 0 unspecified atom stereocenters. The van der Waals surface area contributed by atoms with Crippen LogP contribution in [0, 0.1) is 6.92 Å². The molecule has 0 bridgehead atoms. The van der Waals surface area contributed by atoms with E-state index in [1.807, 2.05) is 31.2 Å². The number of amides is 1. The summed E-state index contributed by atoms with van der Waals surface area (Å²) in [5.74, 6) is 0.0596. The van der Waals surface area contributed by atoms with Gasteiger partial charge >= 0.3 is 0 Å². The van der Waals surface area contributed by atoms with Gasteiger partial charge in [0.05, 0.1) is 6.54 Å². The number of anilines is 1. The van der Waals surface area contributed by atoms with E-state index in [0.717, 1.165) is 24.2 Å². The molecule has 0 saturated carbocycles. The van der Waals surface area contributed by atoms with Crippen LogP contribution in [0.25, 0.3) is 0 Å². The minimum absolute atomic E-state index is 0.0596. The molecule has 0 aromatic heterocycles. The lowest BCUT2D eigenvalue weighted by molar-refractivity contribution is -0.119. The molecule has 0 saturated heterocycles. The largest absolute Gasteiger partial charge is 0.376 e. The second-order valence-corrected chi connectivity index (χ2v) is 4.23. The molecule has 0 aliphatic carbocycles. The number of carbonyl (C=O) groups is 1. The van der Waals surface area contributed by atoms with Crippen LogP contribution in [0.15, 0.2) is 24.3 Å². The molecule has 0 aliphatic heterocycles. The van der Waals surface area contributed by atoms with Crippen molar-refractivity contribution in [2.45, 2.75) is 33.1 Å². The average Bonchev–Trinajstić information content (AvgIpc) is 2.34. The van der Waals surface area contributed by atoms with Crippen molar-refractivity contribution in [3.63, 3.8) is 0 Å². The first-order chi connectivity index (χ1) is 8.24. The van der Waals surface area contributed by atoms with E-state index in [9.17, 15) is 4.79 Å². The van der Waals surface area contributed by atoms with Crippen LogP contribution in [0.4, 0.5) is 5.69 Å². The lowest BCUT2D eigenvalue weighted by Crippen LogP contribution is -2.30. The number of nitrogens with one attached hydrogen (secondary N) is 2. The van der Waals surface area contributed by atoms with Crippen molar-refractivity contribution in [1.82, 2.24) is 5.32 Å². The normalized spacial score (nSPS) is 10.0. The fourth-order valence-electron chi connectivity index (χ4n) is 1.61. The van der Waals surface area contributed by atoms with Gasteiger partial charge in [0, 0.05) is 12.2 Å². The van der Waals surface area contributed by atoms with Gasteiger partial charge in [-0.3, -0.25) is 4.79 Å². The molecule has 0 spiro atoms. The number of aryl methyl sites for hydroxylation is 1. The Morgan fingerprint density at radius 1 is 1.24 bits per heavy atom. The van der Waals surface area contributed by atoms with Crippen molar-refractivity contribution in [3.05, 3.63) is 29.8 Å². The zero-order chi connectivity index (χ0) is 12.5. The first-order valence-electron chi connectivity index (χ1n) is 6.30. The number of rotatable bonds is 7. The number of unbranched alkanes of at least 4 members (excludes halogenated alkanes) is 2. The Balaban J connectivity index is 2.22. The van der Waals surface area contributed by atoms with E-state index in [0.29, 0.717) is 6.54 Å². The fourth-order valence-corrected chi connectivity index (χ4v) is 1.61. The maximum atomic E-state index is 11.5. The summed E-state index contributed by atoms with van der Waals surface area (Å²) in [5, 5.41) is 6.05. The van der Waals surface area contributed by atoms with Crippen molar-refractivity contribution < 1.29 is 4.79 Å². The molecule has 0 radical (unpaired) electrons. The molecule has 1 aromatic rings. The highest BCUT2D eigenvalue weighted by Gasteiger charge is 2.01. The number of para-hydroxylation sites is 1. The lowest BCUT2D eigenvalue weighted by atomic mass is 10.2. The summed E-state index contributed by atoms with van der Waals surface area (Å²) in [5.41, 5.74) is 2.18. The highest BCUT2D eigenvalue weighted by atomic mass is 16.1. The Morgan fingerprint density at radius 3 is 2.71 bits per heavy atom. The summed E-state index contributed by atoms with van der Waals surface area (Å²) in [6.45, 7) is 5.31. The summed E-state index contributed by atoms with van der Waals surface area (Å²) >= 11 is 0. The maximum Gasteiger partial charge on any atom is 0.239 e. The molecule has 1 rings (SSSR count). The second-order valence-electron chi connectivity index (χ2n) is 4.23. The SMILES string of the molecule is CCCCCNC(=O)CNc1ccccc1C. The number of hydrogen-bond acceptors (Lipinski definition) is 2. The number of benzene rings is 1. The molecule has 0 fully saturated rings. The average molecular weight is 234 g/mol. The zero-order valence-electron chi connectivity index (χ0n) is 10.8. The van der Waals surface area contributed by atoms with Gasteiger partial charge in [-0.15, -0.1) is 0 Å². The van der Waals surface area contributed by atoms with Crippen LogP contribution in [0.1, 0.15) is 31.7 Å². The van der Waals surface area contributed by atoms with E-state index in [4.69, 9.17) is 0 Å². The molecule has 94 valence electrons. The third-order valence-electron chi connectivity index (χ3n) is 2.69. The summed E-state index contributed by atoms with van der Waals surface area (Å²) in [6, 6.07) is 7.97. The predicted molar refractivity (Wildman–Crippen MR) is 72.2 cm³/mol. The number of carbonyl (C=O) groups excluding carboxylic acids is 1. The highest BCUT2D eigenvalue weighted by Crippen LogP contribution is 2.12. The quantitative estimate of drug-likeness (QED) is 0.712. The Bertz CT molecular complexity index is 350. The summed E-state index contributed by atoms with van der Waals surface area (Å²) in [7, 11) is 0. The van der Waals surface area contributed by atoms with E-state index in [2.05, 4.69) is 17.6 Å². The molecular formula is C14H22N2O. The van der Waals surface area contributed by atoms with Crippen molar-refractivity contribution in [2.75, 3.05) is 18.4 Å². The van der Waals surface area contributed by atoms with Gasteiger partial charge < -0.3 is 10.6 Å². The minimum atomic E-state index is 0.0596. The third-order valence-corrected chi connectivity index (χ3v) is 2.69. The topological polar surface area (TPSA) is 41.1 Å². The second kappa shape index (κ2) is 7.71. The zero-order valence-corrected chi connectivity index (χ0v) is 10.8. The van der Waals surface area contributed by atoms with Gasteiger partial charge in [0.25, 0.3) is 0 Å². The Morgan fingerprint density at radius 2 is 2.00 bits per heavy atom. The van der Waals surface area contributed by atoms with Gasteiger partial charge in [-0.2, -0.15) is 0 Å². The standard InChI is InChI=1S/C14H22N2O/c1-3-4-7-10-15-14(17)11-16-13-9-6-5-8-12(13)2/h5-6,8-9,16H,3-4,7,10-11H2,1-2H3,(H,15,17). The van der Waals surface area contributed by atoms with Crippen LogP contribution in [0.5, 0.6) is 0 Å². The Hall–Kier alpha value is -1.51. The van der Waals surface area contributed by atoms with Crippen LogP contribution < -0.4 is 10.6 Å². The first kappa shape index (κ1) is 13.6. The monoisotopic (exact) mass is 234 g/mol. The smallest absolute Gasteiger partial charge is 0.239 e. The lowest BCUT2D eigenvalue weighted by Gasteiger charge is -2.09. The maximum absolute atomic E-state index is 11.5. The minimum Gasteiger partial charge on any atom is -0.376 e. The van der Waals surface area contributed by atoms with Crippen LogP contribution >= 0.6 is 0 Å². The molecule has 3 heteroatoms. The van der Waals surface area contributed by atoms with E-state index in [1.165, 1.54) is 12.8 Å². The molecule has 0 aliphatic rings. The Kier molecular flexibility index (Phi) is 6.15. The molecule has 0 atom stereocenters. The van der Waals surface area contributed by atoms with E-state index in [-0.39, 0.29) is 5.91 Å². The van der Waals surface area contributed by atoms with E-state index in [1.54, 1.807) is 0 Å². The van der Waals surface area contributed by atoms with Crippen LogP contribution in [-0.2, 0) is 4.79 Å². The third kappa shape index (κ3) is 5.38. The Labute approximate surface area is 104 Å². The van der Waals surface area contributed by atoms with Crippen molar-refractivity contribution in [3.8, 4) is 0 Å². The van der Waals surface area contributed by atoms with Crippen LogP contribution in [-0.4, -0.2) is 19.0 Å². The van der Waals surface area contributed by atoms with Gasteiger partial charge in [0.2, 0.25) is 5.91 Å². The molecule has 17 heavy (non-hydrogen) atoms. The van der Waals surface area contributed by atoms with E-state index < -0.39 is 0 Å². The molecule has 3 nitrogen and oxygen atoms in total. The van der Waals surface area contributed by atoms with Gasteiger partial charge in [0.1, 0.15) is 0 Å². The molecular weight excluding hydrogens is 212 g/mol. The molecule has 2 N–H and O–H groups in total. The van der Waals surface area contributed by atoms with Crippen molar-refractivity contribution >= 4 is 11.6 Å². The molecule has 1 aromatic carbocycles. The molecule has 1 amide bonds. The summed E-state index contributed by atoms with van der Waals surface area (Å²) in [6.07, 6.45) is 3.41. The summed E-state index contributed by atoms with van der Waals surface area (Å²) in [4.78, 5) is 11.5. The predicted octanol–water partition coefficient (Wildman–Crippen LogP) is 2.71. The first-order valence-corrected chi connectivity index (χ1v) is 6.30.